The van der Waals surface area contributed by atoms with Crippen LogP contribution in [0.4, 0.5) is 0 Å². The van der Waals surface area contributed by atoms with Crippen LogP contribution in [0.2, 0.25) is 0 Å². The van der Waals surface area contributed by atoms with Crippen LogP contribution >= 0.6 is 0 Å². The Labute approximate surface area is 115 Å². The van der Waals surface area contributed by atoms with Gasteiger partial charge in [-0.05, 0) is 0 Å². The van der Waals surface area contributed by atoms with Gasteiger partial charge in [-0.25, -0.2) is 21.6 Å². The van der Waals surface area contributed by atoms with Crippen LogP contribution in [0.1, 0.15) is 6.92 Å². The van der Waals surface area contributed by atoms with Gasteiger partial charge in [-0.15, -0.1) is 0 Å². The fraction of sp³-hybridized carbons (Fsp3) is 1.00. The summed E-state index contributed by atoms with van der Waals surface area (Å²) < 4.78 is 72.8. The normalized spacial score (nSPS) is 36.0. The van der Waals surface area contributed by atoms with Gasteiger partial charge in [0.05, 0.1) is 24.9 Å². The van der Waals surface area contributed by atoms with E-state index < -0.39 is 57.8 Å². The summed E-state index contributed by atoms with van der Waals surface area (Å²) in [5.74, 6) is -0.917. The number of rotatable bonds is 5. The molecule has 1 fully saturated rings. The predicted octanol–water partition coefficient (Wildman–Crippen LogP) is -3.40. The summed E-state index contributed by atoms with van der Waals surface area (Å²) >= 11 is 0. The minimum atomic E-state index is -4.98. The molecule has 0 amide bonds. The molecule has 120 valence electrons. The fourth-order valence-corrected chi connectivity index (χ4v) is 2.63. The number of ether oxygens (including phenoxy) is 1. The number of nitrogens with one attached hydrogen (secondary N) is 1. The van der Waals surface area contributed by atoms with Gasteiger partial charge in [0.2, 0.25) is 10.4 Å². The lowest BCUT2D eigenvalue weighted by molar-refractivity contribution is -0.230. The predicted molar refractivity (Wildman–Crippen MR) is 58.3 cm³/mol. The standard InChI is InChI=1S/C7H15NO10S2/c1-3-4(2-17-20(14,15)16)18-7(10)5(6(3)9)8-19(11,12)13/h3-10H,2H2,1H3,(H,11,12,13)(H,14,15,16)/p-2/t3-,4?,5?,6-,7-/m1/s1. The van der Waals surface area contributed by atoms with Gasteiger partial charge in [0.25, 0.3) is 0 Å². The SMILES string of the molecule is C[C@@H]1C(COS(=O)(=O)[O-])O[C@@H](O)C(NS(=O)(=O)[O-])[C@@H]1O. The molecule has 11 nitrogen and oxygen atoms in total. The summed E-state index contributed by atoms with van der Waals surface area (Å²) in [6.45, 7) is 0.562. The van der Waals surface area contributed by atoms with Gasteiger partial charge in [-0.3, -0.25) is 4.18 Å². The van der Waals surface area contributed by atoms with E-state index in [9.17, 15) is 36.2 Å². The van der Waals surface area contributed by atoms with Gasteiger partial charge in [0.15, 0.2) is 16.6 Å². The largest absolute Gasteiger partial charge is 0.735 e. The Morgan fingerprint density at radius 3 is 2.25 bits per heavy atom. The molecule has 0 radical (unpaired) electrons. The van der Waals surface area contributed by atoms with Crippen molar-refractivity contribution in [2.75, 3.05) is 6.61 Å². The first-order valence-electron chi connectivity index (χ1n) is 5.25. The second kappa shape index (κ2) is 6.17. The van der Waals surface area contributed by atoms with Crippen LogP contribution in [-0.4, -0.2) is 67.3 Å². The number of hydrogen-bond donors (Lipinski definition) is 3. The van der Waals surface area contributed by atoms with E-state index in [-0.39, 0.29) is 0 Å². The Kier molecular flexibility index (Phi) is 5.45. The van der Waals surface area contributed by atoms with Crippen molar-refractivity contribution in [1.82, 2.24) is 4.72 Å². The van der Waals surface area contributed by atoms with Crippen LogP contribution in [0.25, 0.3) is 0 Å². The molecule has 13 heteroatoms. The van der Waals surface area contributed by atoms with Crippen molar-refractivity contribution in [2.24, 2.45) is 5.92 Å². The van der Waals surface area contributed by atoms with Gasteiger partial charge < -0.3 is 24.1 Å². The number of hydrogen-bond acceptors (Lipinski definition) is 10. The molecule has 1 aliphatic rings. The maximum Gasteiger partial charge on any atom is 0.217 e. The summed E-state index contributed by atoms with van der Waals surface area (Å²) in [6, 6.07) is -1.62. The van der Waals surface area contributed by atoms with Gasteiger partial charge in [0.1, 0.15) is 0 Å². The van der Waals surface area contributed by atoms with E-state index in [4.69, 9.17) is 4.74 Å². The molecular weight excluding hydrogens is 322 g/mol. The van der Waals surface area contributed by atoms with Crippen molar-refractivity contribution in [3.8, 4) is 0 Å². The monoisotopic (exact) mass is 335 g/mol. The van der Waals surface area contributed by atoms with Crippen LogP contribution in [-0.2, 0) is 29.6 Å². The minimum Gasteiger partial charge on any atom is -0.735 e. The molecule has 0 bridgehead atoms. The molecule has 1 saturated heterocycles. The van der Waals surface area contributed by atoms with E-state index in [2.05, 4.69) is 4.18 Å². The quantitative estimate of drug-likeness (QED) is 0.337. The Hall–Kier alpha value is -0.380. The van der Waals surface area contributed by atoms with E-state index in [1.807, 2.05) is 0 Å². The Bertz CT molecular complexity index is 528. The van der Waals surface area contributed by atoms with E-state index in [0.29, 0.717) is 0 Å². The summed E-state index contributed by atoms with van der Waals surface area (Å²) in [5.41, 5.74) is 0. The average molecular weight is 335 g/mol. The fourth-order valence-electron chi connectivity index (χ4n) is 1.74. The van der Waals surface area contributed by atoms with Gasteiger partial charge in [-0.1, -0.05) is 6.92 Å². The molecule has 0 aromatic carbocycles. The molecule has 0 aromatic rings. The maximum atomic E-state index is 10.5. The molecule has 20 heavy (non-hydrogen) atoms. The number of aliphatic hydroxyl groups excluding tert-OH is 2. The third kappa shape index (κ3) is 5.19. The highest BCUT2D eigenvalue weighted by Crippen LogP contribution is 2.25. The Balaban J connectivity index is 2.76. The lowest BCUT2D eigenvalue weighted by atomic mass is 9.90. The first-order valence-corrected chi connectivity index (χ1v) is 8.00. The second-order valence-corrected chi connectivity index (χ2v) is 6.40. The van der Waals surface area contributed by atoms with E-state index in [0.717, 1.165) is 0 Å². The van der Waals surface area contributed by atoms with Crippen molar-refractivity contribution < 1.29 is 45.1 Å². The molecule has 0 aliphatic carbocycles. The van der Waals surface area contributed by atoms with Gasteiger partial charge >= 0.3 is 0 Å². The van der Waals surface area contributed by atoms with Crippen LogP contribution in [0, 0.1) is 5.92 Å². The van der Waals surface area contributed by atoms with Crippen molar-refractivity contribution in [1.29, 1.82) is 0 Å². The third-order valence-electron chi connectivity index (χ3n) is 2.77. The lowest BCUT2D eigenvalue weighted by Crippen LogP contribution is -2.61. The molecule has 1 rings (SSSR count). The first kappa shape index (κ1) is 17.7. The highest BCUT2D eigenvalue weighted by Gasteiger charge is 2.43. The zero-order chi connectivity index (χ0) is 15.7. The molecular formula is C7H13NO10S2-2. The van der Waals surface area contributed by atoms with Crippen LogP contribution in [0.15, 0.2) is 0 Å². The molecule has 2 unspecified atom stereocenters. The zero-order valence-electron chi connectivity index (χ0n) is 10.1. The molecule has 3 N–H and O–H groups in total. The lowest BCUT2D eigenvalue weighted by Gasteiger charge is -2.42. The van der Waals surface area contributed by atoms with Crippen LogP contribution < -0.4 is 4.72 Å². The minimum absolute atomic E-state index is 0.766. The van der Waals surface area contributed by atoms with Crippen molar-refractivity contribution in [3.63, 3.8) is 0 Å². The smallest absolute Gasteiger partial charge is 0.217 e. The third-order valence-corrected chi connectivity index (χ3v) is 3.76. The summed E-state index contributed by atoms with van der Waals surface area (Å²) in [4.78, 5) is 0. The Morgan fingerprint density at radius 1 is 1.25 bits per heavy atom. The van der Waals surface area contributed by atoms with Crippen LogP contribution in [0.5, 0.6) is 0 Å². The molecule has 1 heterocycles. The van der Waals surface area contributed by atoms with E-state index >= 15 is 0 Å². The zero-order valence-corrected chi connectivity index (χ0v) is 11.7. The van der Waals surface area contributed by atoms with Crippen molar-refractivity contribution in [2.45, 2.75) is 31.5 Å². The Morgan fingerprint density at radius 2 is 1.80 bits per heavy atom. The maximum absolute atomic E-state index is 10.5. The first-order chi connectivity index (χ1) is 8.91. The average Bonchev–Trinajstić information content (AvgIpc) is 2.25. The molecule has 5 atom stereocenters. The van der Waals surface area contributed by atoms with Crippen LogP contribution in [0.3, 0.4) is 0 Å². The molecule has 0 aromatic heterocycles. The summed E-state index contributed by atoms with van der Waals surface area (Å²) in [5, 5.41) is 19.3. The second-order valence-electron chi connectivity index (χ2n) is 4.21. The topological polar surface area (TPSA) is 185 Å². The van der Waals surface area contributed by atoms with Crippen molar-refractivity contribution >= 4 is 20.7 Å². The number of aliphatic hydroxyl groups is 2. The molecule has 0 spiro atoms. The summed E-state index contributed by atoms with van der Waals surface area (Å²) in [6.07, 6.45) is -4.64. The highest BCUT2D eigenvalue weighted by atomic mass is 32.3. The summed E-state index contributed by atoms with van der Waals surface area (Å²) in [7, 11) is -9.92. The van der Waals surface area contributed by atoms with Gasteiger partial charge in [0, 0.05) is 5.92 Å². The van der Waals surface area contributed by atoms with Crippen molar-refractivity contribution in [3.05, 3.63) is 0 Å². The van der Waals surface area contributed by atoms with E-state index in [1.54, 1.807) is 0 Å². The van der Waals surface area contributed by atoms with Gasteiger partial charge in [-0.2, -0.15) is 0 Å². The molecule has 0 saturated carbocycles. The molecule has 1 aliphatic heterocycles. The van der Waals surface area contributed by atoms with E-state index in [1.165, 1.54) is 11.6 Å². The highest BCUT2D eigenvalue weighted by molar-refractivity contribution is 7.83.